The van der Waals surface area contributed by atoms with Crippen LogP contribution >= 0.6 is 23.4 Å². The number of Topliss-reactive ketones (excluding diaryl/α,β-unsaturated/α-hetero) is 1. The number of thioether (sulfide) groups is 1. The quantitative estimate of drug-likeness (QED) is 0.251. The Labute approximate surface area is 206 Å². The molecule has 4 rings (SSSR count). The first-order valence-electron chi connectivity index (χ1n) is 10.2. The lowest BCUT2D eigenvalue weighted by atomic mass is 9.97. The van der Waals surface area contributed by atoms with Crippen LogP contribution in [-0.2, 0) is 0 Å². The zero-order valence-electron chi connectivity index (χ0n) is 17.8. The third-order valence-corrected chi connectivity index (χ3v) is 6.67. The summed E-state index contributed by atoms with van der Waals surface area (Å²) in [5.41, 5.74) is 8.80. The Morgan fingerprint density at radius 2 is 1.47 bits per heavy atom. The number of anilines is 1. The lowest BCUT2D eigenvalue weighted by Gasteiger charge is -2.18. The predicted octanol–water partition coefficient (Wildman–Crippen LogP) is 6.44. The normalized spacial score (nSPS) is 11.3. The first-order valence-corrected chi connectivity index (χ1v) is 11.5. The van der Waals surface area contributed by atoms with E-state index in [1.54, 1.807) is 36.4 Å². The number of nitrogens with two attached hydrogens (primary N) is 1. The maximum atomic E-state index is 13.6. The van der Waals surface area contributed by atoms with Gasteiger partial charge in [-0.05, 0) is 35.4 Å². The highest BCUT2D eigenvalue weighted by molar-refractivity contribution is 8.00. The van der Waals surface area contributed by atoms with E-state index in [1.807, 2.05) is 48.5 Å². The minimum absolute atomic E-state index is 0.00797. The molecule has 0 saturated carbocycles. The van der Waals surface area contributed by atoms with E-state index in [0.29, 0.717) is 21.7 Å². The van der Waals surface area contributed by atoms with Gasteiger partial charge in [-0.25, -0.2) is 4.98 Å². The number of carbonyl (C=O) groups excluding carboxylic acids is 1. The van der Waals surface area contributed by atoms with Crippen molar-refractivity contribution in [2.24, 2.45) is 0 Å². The van der Waals surface area contributed by atoms with Crippen LogP contribution in [-0.4, -0.2) is 10.8 Å². The van der Waals surface area contributed by atoms with Gasteiger partial charge in [-0.1, -0.05) is 84.0 Å². The summed E-state index contributed by atoms with van der Waals surface area (Å²) in [4.78, 5) is 17.9. The van der Waals surface area contributed by atoms with Crippen molar-refractivity contribution in [3.8, 4) is 23.3 Å². The van der Waals surface area contributed by atoms with E-state index in [1.165, 1.54) is 0 Å². The van der Waals surface area contributed by atoms with Crippen LogP contribution in [0.2, 0.25) is 5.02 Å². The lowest BCUT2D eigenvalue weighted by Crippen LogP contribution is -2.11. The molecule has 164 valence electrons. The number of halogens is 1. The van der Waals surface area contributed by atoms with Gasteiger partial charge in [-0.3, -0.25) is 4.79 Å². The Bertz CT molecular complexity index is 1430. The number of nitriles is 2. The van der Waals surface area contributed by atoms with Crippen molar-refractivity contribution in [1.82, 2.24) is 4.98 Å². The molecule has 0 amide bonds. The van der Waals surface area contributed by atoms with Crippen LogP contribution < -0.4 is 5.73 Å². The van der Waals surface area contributed by atoms with Gasteiger partial charge in [0, 0.05) is 16.1 Å². The maximum Gasteiger partial charge on any atom is 0.180 e. The smallest absolute Gasteiger partial charge is 0.180 e. The highest BCUT2D eigenvalue weighted by Crippen LogP contribution is 2.42. The van der Waals surface area contributed by atoms with Crippen molar-refractivity contribution in [1.29, 1.82) is 10.5 Å². The van der Waals surface area contributed by atoms with Crippen LogP contribution in [0.5, 0.6) is 0 Å². The van der Waals surface area contributed by atoms with E-state index >= 15 is 0 Å². The van der Waals surface area contributed by atoms with Gasteiger partial charge in [0.2, 0.25) is 0 Å². The summed E-state index contributed by atoms with van der Waals surface area (Å²) in [6, 6.07) is 29.3. The summed E-state index contributed by atoms with van der Waals surface area (Å²) < 4.78 is 0. The largest absolute Gasteiger partial charge is 0.383 e. The molecule has 2 N–H and O–H groups in total. The number of hydrogen-bond donors (Lipinski definition) is 1. The van der Waals surface area contributed by atoms with Gasteiger partial charge >= 0.3 is 0 Å². The molecule has 0 bridgehead atoms. The van der Waals surface area contributed by atoms with Crippen molar-refractivity contribution < 1.29 is 4.79 Å². The number of benzene rings is 3. The SMILES string of the molecule is N#Cc1c(N)nc(SC(C(=O)c2ccc(Cl)cc2)c2ccccc2)c(C#N)c1-c1ccccc1. The monoisotopic (exact) mass is 480 g/mol. The van der Waals surface area contributed by atoms with Crippen LogP contribution in [0.1, 0.15) is 32.3 Å². The van der Waals surface area contributed by atoms with E-state index < -0.39 is 5.25 Å². The molecule has 4 aromatic rings. The highest BCUT2D eigenvalue weighted by atomic mass is 35.5. The molecule has 1 atom stereocenters. The molecule has 0 radical (unpaired) electrons. The minimum Gasteiger partial charge on any atom is -0.383 e. The number of nitrogen functional groups attached to an aromatic ring is 1. The molecule has 1 aromatic heterocycles. The first kappa shape index (κ1) is 23.1. The minimum atomic E-state index is -0.696. The Hall–Kier alpha value is -4.10. The van der Waals surface area contributed by atoms with Gasteiger partial charge in [0.1, 0.15) is 28.5 Å². The van der Waals surface area contributed by atoms with E-state index in [9.17, 15) is 15.3 Å². The number of nitrogens with zero attached hydrogens (tertiary/aromatic N) is 3. The fourth-order valence-corrected chi connectivity index (χ4v) is 4.86. The Kier molecular flexibility index (Phi) is 6.94. The van der Waals surface area contributed by atoms with Gasteiger partial charge in [-0.15, -0.1) is 0 Å². The van der Waals surface area contributed by atoms with Crippen molar-refractivity contribution in [2.45, 2.75) is 10.3 Å². The topological polar surface area (TPSA) is 104 Å². The second-order valence-corrected chi connectivity index (χ2v) is 8.83. The van der Waals surface area contributed by atoms with E-state index in [4.69, 9.17) is 17.3 Å². The summed E-state index contributed by atoms with van der Waals surface area (Å²) in [5.74, 6) is -0.156. The fourth-order valence-electron chi connectivity index (χ4n) is 3.55. The second kappa shape index (κ2) is 10.2. The van der Waals surface area contributed by atoms with Crippen LogP contribution in [0.25, 0.3) is 11.1 Å². The molecule has 7 heteroatoms. The molecular weight excluding hydrogens is 464 g/mol. The zero-order chi connectivity index (χ0) is 24.1. The van der Waals surface area contributed by atoms with Crippen molar-refractivity contribution >= 4 is 35.0 Å². The lowest BCUT2D eigenvalue weighted by molar-refractivity contribution is 0.0989. The molecule has 0 fully saturated rings. The molecule has 5 nitrogen and oxygen atoms in total. The zero-order valence-corrected chi connectivity index (χ0v) is 19.3. The fraction of sp³-hybridized carbons (Fsp3) is 0.0370. The summed E-state index contributed by atoms with van der Waals surface area (Å²) in [5, 5.41) is 19.9. The summed E-state index contributed by atoms with van der Waals surface area (Å²) >= 11 is 7.14. The standard InChI is InChI=1S/C27H17ClN4OS/c28-20-13-11-18(12-14-20)24(33)25(19-9-5-2-6-10-19)34-27-22(16-30)23(17-7-3-1-4-8-17)21(15-29)26(31)32-27/h1-14,25H,(H2,31,32). The number of ketones is 1. The predicted molar refractivity (Wildman–Crippen MR) is 134 cm³/mol. The number of rotatable bonds is 6. The van der Waals surface area contributed by atoms with Crippen LogP contribution in [0.3, 0.4) is 0 Å². The molecule has 1 unspecified atom stereocenters. The number of pyridine rings is 1. The number of carbonyl (C=O) groups is 1. The average Bonchev–Trinajstić information content (AvgIpc) is 2.88. The molecule has 34 heavy (non-hydrogen) atoms. The van der Waals surface area contributed by atoms with Crippen LogP contribution in [0.15, 0.2) is 90.0 Å². The van der Waals surface area contributed by atoms with Crippen molar-refractivity contribution in [3.63, 3.8) is 0 Å². The summed E-state index contributed by atoms with van der Waals surface area (Å²) in [7, 11) is 0. The van der Waals surface area contributed by atoms with Gasteiger partial charge in [0.15, 0.2) is 5.78 Å². The molecule has 0 aliphatic rings. The average molecular weight is 481 g/mol. The molecule has 0 saturated heterocycles. The van der Waals surface area contributed by atoms with Crippen molar-refractivity contribution in [2.75, 3.05) is 5.73 Å². The van der Waals surface area contributed by atoms with Gasteiger partial charge in [0.25, 0.3) is 0 Å². The second-order valence-electron chi connectivity index (χ2n) is 7.30. The maximum absolute atomic E-state index is 13.6. The first-order chi connectivity index (χ1) is 16.5. The van der Waals surface area contributed by atoms with Crippen LogP contribution in [0.4, 0.5) is 5.82 Å². The number of hydrogen-bond acceptors (Lipinski definition) is 6. The Balaban J connectivity index is 1.88. The number of aromatic nitrogens is 1. The molecule has 3 aromatic carbocycles. The van der Waals surface area contributed by atoms with Gasteiger partial charge in [-0.2, -0.15) is 10.5 Å². The summed E-state index contributed by atoms with van der Waals surface area (Å²) in [6.07, 6.45) is 0. The third-order valence-electron chi connectivity index (χ3n) is 5.18. The van der Waals surface area contributed by atoms with Gasteiger partial charge in [0.05, 0.1) is 10.8 Å². The van der Waals surface area contributed by atoms with E-state index in [2.05, 4.69) is 17.1 Å². The molecular formula is C27H17ClN4OS. The van der Waals surface area contributed by atoms with Crippen molar-refractivity contribution in [3.05, 3.63) is 112 Å². The highest BCUT2D eigenvalue weighted by Gasteiger charge is 2.28. The molecule has 0 aliphatic heterocycles. The molecule has 0 aliphatic carbocycles. The molecule has 0 spiro atoms. The van der Waals surface area contributed by atoms with E-state index in [-0.39, 0.29) is 27.8 Å². The molecule has 1 heterocycles. The van der Waals surface area contributed by atoms with E-state index in [0.717, 1.165) is 17.3 Å². The van der Waals surface area contributed by atoms with Gasteiger partial charge < -0.3 is 5.73 Å². The Morgan fingerprint density at radius 1 is 0.882 bits per heavy atom. The Morgan fingerprint density at radius 3 is 2.06 bits per heavy atom. The van der Waals surface area contributed by atoms with Crippen LogP contribution in [0, 0.1) is 22.7 Å². The third kappa shape index (κ3) is 4.65. The summed E-state index contributed by atoms with van der Waals surface area (Å²) in [6.45, 7) is 0.